The maximum Gasteiger partial charge on any atom is 0.212 e. The van der Waals surface area contributed by atoms with Crippen LogP contribution < -0.4 is 30.8 Å². The van der Waals surface area contributed by atoms with Crippen molar-refractivity contribution in [1.82, 2.24) is 4.90 Å². The molecule has 2 aromatic rings. The Bertz CT molecular complexity index is 1120. The van der Waals surface area contributed by atoms with Gasteiger partial charge in [0, 0.05) is 23.9 Å². The summed E-state index contributed by atoms with van der Waals surface area (Å²) in [5, 5.41) is 2.78. The molecule has 2 heterocycles. The number of ether oxygens (including phenoxy) is 2. The van der Waals surface area contributed by atoms with Crippen molar-refractivity contribution in [2.75, 3.05) is 31.3 Å². The number of fused-ring (bicyclic) bond motifs is 1. The highest BCUT2D eigenvalue weighted by Crippen LogP contribution is 2.32. The summed E-state index contributed by atoms with van der Waals surface area (Å²) < 4.78 is 12.1. The first kappa shape index (κ1) is 22.2. The predicted octanol–water partition coefficient (Wildman–Crippen LogP) is 2.27. The molecule has 1 atom stereocenters. The molecular weight excluding hydrogens is 402 g/mol. The van der Waals surface area contributed by atoms with Gasteiger partial charge in [0.1, 0.15) is 22.7 Å². The average Bonchev–Trinajstić information content (AvgIpc) is 3.10. The van der Waals surface area contributed by atoms with Crippen molar-refractivity contribution in [1.29, 1.82) is 0 Å². The Morgan fingerprint density at radius 1 is 1.16 bits per heavy atom. The Kier molecular flexibility index (Phi) is 6.96. The number of unbranched alkanes of at least 4 members (excludes halogenated alkanes) is 1. The monoisotopic (exact) mass is 433 g/mol. The van der Waals surface area contributed by atoms with Crippen LogP contribution in [-0.4, -0.2) is 43.3 Å². The Morgan fingerprint density at radius 2 is 1.97 bits per heavy atom. The van der Waals surface area contributed by atoms with Gasteiger partial charge < -0.3 is 9.47 Å². The van der Waals surface area contributed by atoms with Crippen LogP contribution >= 0.6 is 0 Å². The zero-order chi connectivity index (χ0) is 22.5. The van der Waals surface area contributed by atoms with Crippen molar-refractivity contribution in [3.05, 3.63) is 64.6 Å². The molecule has 2 aliphatic heterocycles. The van der Waals surface area contributed by atoms with Crippen LogP contribution in [0.25, 0.3) is 5.57 Å². The zero-order valence-electron chi connectivity index (χ0n) is 18.8. The highest BCUT2D eigenvalue weighted by Gasteiger charge is 2.35. The molecule has 2 aromatic carbocycles. The second-order valence-electron chi connectivity index (χ2n) is 8.11. The minimum atomic E-state index is -0.537. The minimum Gasteiger partial charge on any atom is -0.492 e. The highest BCUT2D eigenvalue weighted by molar-refractivity contribution is 5.81. The molecule has 2 aliphatic rings. The van der Waals surface area contributed by atoms with E-state index in [1.54, 1.807) is 11.1 Å². The molecule has 4 rings (SSSR count). The number of hydrogen-bond acceptors (Lipinski definition) is 6. The van der Waals surface area contributed by atoms with E-state index in [0.717, 1.165) is 53.9 Å². The molecule has 0 saturated carbocycles. The maximum atomic E-state index is 12.1. The van der Waals surface area contributed by atoms with Gasteiger partial charge in [0.15, 0.2) is 0 Å². The van der Waals surface area contributed by atoms with Crippen molar-refractivity contribution < 1.29 is 14.3 Å². The first-order chi connectivity index (χ1) is 15.7. The number of carbonyl (C=O) groups excluding carboxylic acids is 1. The fraction of sp³-hybridized carbons (Fsp3) is 0.385. The van der Waals surface area contributed by atoms with E-state index in [1.165, 1.54) is 12.8 Å². The number of rotatable bonds is 8. The molecule has 6 nitrogen and oxygen atoms in total. The van der Waals surface area contributed by atoms with E-state index >= 15 is 0 Å². The van der Waals surface area contributed by atoms with Crippen LogP contribution in [0.4, 0.5) is 5.69 Å². The smallest absolute Gasteiger partial charge is 0.212 e. The highest BCUT2D eigenvalue weighted by atomic mass is 16.5. The molecule has 0 bridgehead atoms. The number of benzene rings is 2. The van der Waals surface area contributed by atoms with Gasteiger partial charge in [-0.25, -0.2) is 10.6 Å². The Hall–Kier alpha value is -3.05. The first-order valence-electron chi connectivity index (χ1n) is 11.4. The van der Waals surface area contributed by atoms with Crippen molar-refractivity contribution in [3.8, 4) is 11.5 Å². The summed E-state index contributed by atoms with van der Waals surface area (Å²) in [4.78, 5) is 14.5. The van der Waals surface area contributed by atoms with E-state index < -0.39 is 6.23 Å². The molecule has 0 aromatic heterocycles. The molecule has 0 fully saturated rings. The summed E-state index contributed by atoms with van der Waals surface area (Å²) in [7, 11) is 0. The van der Waals surface area contributed by atoms with Gasteiger partial charge in [0.05, 0.1) is 12.3 Å². The van der Waals surface area contributed by atoms with E-state index in [0.29, 0.717) is 17.6 Å². The Morgan fingerprint density at radius 3 is 2.62 bits per heavy atom. The standard InChI is InChI=1S/C26H31N3O3/c1-3-5-15-28-16-13-19(14-17-28)24-25-21(18-30)23(31-4-2)12-11-22(25)29(27)26(24)32-20-9-7-6-8-10-20/h6-13,26H,3-5,14-17,27H2,1-2H3. The van der Waals surface area contributed by atoms with E-state index in [2.05, 4.69) is 23.8 Å². The lowest BCUT2D eigenvalue weighted by Gasteiger charge is -2.30. The quantitative estimate of drug-likeness (QED) is 0.645. The molecule has 0 radical (unpaired) electrons. The van der Waals surface area contributed by atoms with Gasteiger partial charge in [-0.3, -0.25) is 9.91 Å². The van der Waals surface area contributed by atoms with Crippen LogP contribution in [0.2, 0.25) is 0 Å². The van der Waals surface area contributed by atoms with E-state index in [-0.39, 0.29) is 0 Å². The molecule has 2 N–H and O–H groups in total. The van der Waals surface area contributed by atoms with Crippen LogP contribution in [-0.2, 0) is 4.79 Å². The fourth-order valence-electron chi connectivity index (χ4n) is 4.43. The molecular formula is C26H31N3O3. The van der Waals surface area contributed by atoms with Crippen LogP contribution in [0.5, 0.6) is 11.5 Å². The van der Waals surface area contributed by atoms with E-state index in [4.69, 9.17) is 15.3 Å². The lowest BCUT2D eigenvalue weighted by Crippen LogP contribution is -2.43. The lowest BCUT2D eigenvalue weighted by atomic mass is 9.96. The zero-order valence-corrected chi connectivity index (χ0v) is 18.8. The molecule has 0 spiro atoms. The number of hydrogen-bond donors (Lipinski definition) is 1. The van der Waals surface area contributed by atoms with Crippen molar-refractivity contribution in [2.45, 2.75) is 39.3 Å². The Labute approximate surface area is 189 Å². The van der Waals surface area contributed by atoms with Crippen molar-refractivity contribution >= 4 is 17.2 Å². The molecule has 0 aliphatic carbocycles. The summed E-state index contributed by atoms with van der Waals surface area (Å²) in [6.07, 6.45) is 4.97. The number of anilines is 1. The molecule has 168 valence electrons. The van der Waals surface area contributed by atoms with E-state index in [9.17, 15) is 4.79 Å². The SMILES string of the molecule is CCCCN1CC=C(C2=c3c(ccc(OCC)c3=C=O)N(N)C2Oc2ccccc2)CC1. The van der Waals surface area contributed by atoms with Crippen molar-refractivity contribution in [3.63, 3.8) is 0 Å². The van der Waals surface area contributed by atoms with Gasteiger partial charge >= 0.3 is 0 Å². The van der Waals surface area contributed by atoms with Crippen LogP contribution in [0.1, 0.15) is 33.1 Å². The van der Waals surface area contributed by atoms with Gasteiger partial charge in [-0.05, 0) is 56.1 Å². The Balaban J connectivity index is 1.84. The maximum absolute atomic E-state index is 12.1. The van der Waals surface area contributed by atoms with Crippen LogP contribution in [0, 0.1) is 0 Å². The van der Waals surface area contributed by atoms with E-state index in [1.807, 2.05) is 43.3 Å². The van der Waals surface area contributed by atoms with Gasteiger partial charge in [-0.2, -0.15) is 0 Å². The summed E-state index contributed by atoms with van der Waals surface area (Å²) in [5.41, 5.74) is 2.84. The topological polar surface area (TPSA) is 68.0 Å². The largest absolute Gasteiger partial charge is 0.492 e. The summed E-state index contributed by atoms with van der Waals surface area (Å²) in [5.74, 6) is 9.92. The van der Waals surface area contributed by atoms with Gasteiger partial charge in [-0.15, -0.1) is 0 Å². The van der Waals surface area contributed by atoms with Gasteiger partial charge in [0.2, 0.25) is 6.23 Å². The minimum absolute atomic E-state index is 0.406. The normalized spacial score (nSPS) is 18.2. The summed E-state index contributed by atoms with van der Waals surface area (Å²) in [6, 6.07) is 13.3. The van der Waals surface area contributed by atoms with Gasteiger partial charge in [-0.1, -0.05) is 37.6 Å². The number of nitrogens with two attached hydrogens (primary N) is 1. The molecule has 0 saturated heterocycles. The fourth-order valence-corrected chi connectivity index (χ4v) is 4.43. The number of nitrogens with zero attached hydrogens (tertiary/aromatic N) is 2. The summed E-state index contributed by atoms with van der Waals surface area (Å²) >= 11 is 0. The first-order valence-corrected chi connectivity index (χ1v) is 11.4. The molecule has 6 heteroatoms. The molecule has 0 amide bonds. The third kappa shape index (κ3) is 4.30. The third-order valence-corrected chi connectivity index (χ3v) is 6.05. The predicted molar refractivity (Wildman–Crippen MR) is 127 cm³/mol. The third-order valence-electron chi connectivity index (χ3n) is 6.05. The molecule has 32 heavy (non-hydrogen) atoms. The summed E-state index contributed by atoms with van der Waals surface area (Å²) in [6.45, 7) is 7.53. The van der Waals surface area contributed by atoms with Crippen molar-refractivity contribution in [2.24, 2.45) is 5.84 Å². The second-order valence-corrected chi connectivity index (χ2v) is 8.11. The molecule has 1 unspecified atom stereocenters. The average molecular weight is 434 g/mol. The van der Waals surface area contributed by atoms with Crippen LogP contribution in [0.3, 0.4) is 0 Å². The second kappa shape index (κ2) is 10.0. The number of para-hydroxylation sites is 1. The lowest BCUT2D eigenvalue weighted by molar-refractivity contribution is 0.251. The number of hydrazine groups is 1. The van der Waals surface area contributed by atoms with Crippen LogP contribution in [0.15, 0.2) is 54.1 Å². The van der Waals surface area contributed by atoms with Gasteiger partial charge in [0.25, 0.3) is 0 Å².